The predicted molar refractivity (Wildman–Crippen MR) is 111 cm³/mol. The highest BCUT2D eigenvalue weighted by Crippen LogP contribution is 2.50. The number of hydrogen-bond donors (Lipinski definition) is 3. The fraction of sp³-hybridized carbons (Fsp3) is 0.174. The number of rotatable bonds is 4. The van der Waals surface area contributed by atoms with Gasteiger partial charge >= 0.3 is 0 Å². The number of nitrogens with one attached hydrogen (secondary N) is 2. The van der Waals surface area contributed by atoms with Crippen molar-refractivity contribution in [2.45, 2.75) is 18.9 Å². The first kappa shape index (κ1) is 18.2. The summed E-state index contributed by atoms with van der Waals surface area (Å²) < 4.78 is 0. The summed E-state index contributed by atoms with van der Waals surface area (Å²) in [6.07, 6.45) is 2.32. The maximum Gasteiger partial charge on any atom is 0.290 e. The molecule has 3 heterocycles. The molecule has 0 bridgehead atoms. The van der Waals surface area contributed by atoms with Crippen molar-refractivity contribution in [1.29, 1.82) is 0 Å². The molecule has 3 aromatic rings. The molecule has 2 amide bonds. The third kappa shape index (κ3) is 2.23. The van der Waals surface area contributed by atoms with Gasteiger partial charge in [0.25, 0.3) is 11.8 Å². The number of carbonyl (C=O) groups is 3. The molecular weight excluding hydrogens is 382 g/mol. The van der Waals surface area contributed by atoms with E-state index in [2.05, 4.69) is 10.3 Å². The SMILES string of the molecule is CC(=O)C1=C(O)C(=O)N(CCc2c[nH]c3ccccc23)[C@]12C(=O)Nc1ccccc12. The summed E-state index contributed by atoms with van der Waals surface area (Å²) in [4.78, 5) is 43.3. The summed E-state index contributed by atoms with van der Waals surface area (Å²) in [7, 11) is 0. The first-order valence-electron chi connectivity index (χ1n) is 9.69. The van der Waals surface area contributed by atoms with Crippen LogP contribution in [-0.4, -0.2) is 39.1 Å². The number of Topliss-reactive ketones (excluding diaryl/α,β-unsaturated/α-hetero) is 1. The first-order valence-corrected chi connectivity index (χ1v) is 9.69. The van der Waals surface area contributed by atoms with Crippen molar-refractivity contribution in [3.63, 3.8) is 0 Å². The van der Waals surface area contributed by atoms with E-state index < -0.39 is 28.9 Å². The van der Waals surface area contributed by atoms with Gasteiger partial charge in [-0.25, -0.2) is 0 Å². The molecule has 0 radical (unpaired) electrons. The lowest BCUT2D eigenvalue weighted by Gasteiger charge is -2.34. The minimum absolute atomic E-state index is 0.156. The van der Waals surface area contributed by atoms with Crippen LogP contribution in [0.3, 0.4) is 0 Å². The van der Waals surface area contributed by atoms with E-state index >= 15 is 0 Å². The van der Waals surface area contributed by atoms with Crippen molar-refractivity contribution in [3.8, 4) is 0 Å². The number of ketones is 1. The van der Waals surface area contributed by atoms with Crippen LogP contribution in [0.4, 0.5) is 5.69 Å². The molecule has 1 spiro atoms. The molecule has 7 heteroatoms. The fourth-order valence-electron chi connectivity index (χ4n) is 4.71. The minimum atomic E-state index is -1.66. The molecule has 0 unspecified atom stereocenters. The number of aliphatic hydroxyl groups is 1. The Kier molecular flexibility index (Phi) is 3.83. The van der Waals surface area contributed by atoms with Crippen LogP contribution >= 0.6 is 0 Å². The number of benzene rings is 2. The van der Waals surface area contributed by atoms with Crippen LogP contribution in [0, 0.1) is 0 Å². The van der Waals surface area contributed by atoms with E-state index in [9.17, 15) is 19.5 Å². The van der Waals surface area contributed by atoms with Crippen LogP contribution in [0.15, 0.2) is 66.1 Å². The lowest BCUT2D eigenvalue weighted by atomic mass is 9.82. The maximum atomic E-state index is 13.2. The summed E-state index contributed by atoms with van der Waals surface area (Å²) in [5, 5.41) is 14.4. The second-order valence-electron chi connectivity index (χ2n) is 7.56. The summed E-state index contributed by atoms with van der Waals surface area (Å²) in [5.74, 6) is -2.40. The average Bonchev–Trinajstić information content (AvgIpc) is 3.34. The van der Waals surface area contributed by atoms with Gasteiger partial charge in [0.05, 0.1) is 5.57 Å². The van der Waals surface area contributed by atoms with Crippen LogP contribution in [0.2, 0.25) is 0 Å². The zero-order valence-electron chi connectivity index (χ0n) is 16.2. The van der Waals surface area contributed by atoms with Crippen molar-refractivity contribution in [1.82, 2.24) is 9.88 Å². The van der Waals surface area contributed by atoms with Gasteiger partial charge in [0.15, 0.2) is 17.1 Å². The quantitative estimate of drug-likeness (QED) is 0.626. The maximum absolute atomic E-state index is 13.2. The van der Waals surface area contributed by atoms with Gasteiger partial charge in [-0.2, -0.15) is 0 Å². The van der Waals surface area contributed by atoms with Crippen LogP contribution in [-0.2, 0) is 26.3 Å². The average molecular weight is 401 g/mol. The first-order chi connectivity index (χ1) is 14.5. The van der Waals surface area contributed by atoms with Crippen molar-refractivity contribution >= 4 is 34.2 Å². The Labute approximate surface area is 172 Å². The highest BCUT2D eigenvalue weighted by Gasteiger charge is 2.62. The van der Waals surface area contributed by atoms with E-state index in [0.29, 0.717) is 17.7 Å². The van der Waals surface area contributed by atoms with Crippen molar-refractivity contribution in [2.75, 3.05) is 11.9 Å². The number of fused-ring (bicyclic) bond motifs is 3. The second-order valence-corrected chi connectivity index (χ2v) is 7.56. The van der Waals surface area contributed by atoms with E-state index in [1.165, 1.54) is 11.8 Å². The molecule has 3 N–H and O–H groups in total. The van der Waals surface area contributed by atoms with Crippen LogP contribution < -0.4 is 5.32 Å². The Bertz CT molecular complexity index is 1270. The van der Waals surface area contributed by atoms with Gasteiger partial charge in [0.1, 0.15) is 0 Å². The number of aromatic nitrogens is 1. The molecular formula is C23H19N3O4. The summed E-state index contributed by atoms with van der Waals surface area (Å²) in [6.45, 7) is 1.42. The number of aromatic amines is 1. The highest BCUT2D eigenvalue weighted by molar-refractivity contribution is 6.21. The summed E-state index contributed by atoms with van der Waals surface area (Å²) in [5.41, 5.74) is 1.15. The number of nitrogens with zero attached hydrogens (tertiary/aromatic N) is 1. The minimum Gasteiger partial charge on any atom is -0.503 e. The molecule has 0 saturated carbocycles. The van der Waals surface area contributed by atoms with Crippen LogP contribution in [0.1, 0.15) is 18.1 Å². The Hall–Kier alpha value is -3.87. The third-order valence-electron chi connectivity index (χ3n) is 5.98. The number of aliphatic hydroxyl groups excluding tert-OH is 1. The van der Waals surface area contributed by atoms with Crippen LogP contribution in [0.25, 0.3) is 10.9 Å². The fourth-order valence-corrected chi connectivity index (χ4v) is 4.71. The third-order valence-corrected chi connectivity index (χ3v) is 5.98. The van der Waals surface area contributed by atoms with Gasteiger partial charge in [-0.05, 0) is 31.0 Å². The lowest BCUT2D eigenvalue weighted by molar-refractivity contribution is -0.139. The zero-order valence-corrected chi connectivity index (χ0v) is 16.2. The van der Waals surface area contributed by atoms with Crippen LogP contribution in [0.5, 0.6) is 0 Å². The number of H-pyrrole nitrogens is 1. The molecule has 7 nitrogen and oxygen atoms in total. The molecule has 1 atom stereocenters. The monoisotopic (exact) mass is 401 g/mol. The molecule has 2 aliphatic heterocycles. The van der Waals surface area contributed by atoms with E-state index in [1.807, 2.05) is 30.5 Å². The van der Waals surface area contributed by atoms with Gasteiger partial charge < -0.3 is 20.3 Å². The molecule has 2 aliphatic rings. The number of carbonyl (C=O) groups excluding carboxylic acids is 3. The number of anilines is 1. The van der Waals surface area contributed by atoms with Crippen molar-refractivity contribution in [2.24, 2.45) is 0 Å². The van der Waals surface area contributed by atoms with Gasteiger partial charge in [0.2, 0.25) is 0 Å². The van der Waals surface area contributed by atoms with Gasteiger partial charge in [-0.15, -0.1) is 0 Å². The van der Waals surface area contributed by atoms with E-state index in [4.69, 9.17) is 0 Å². The molecule has 150 valence electrons. The highest BCUT2D eigenvalue weighted by atomic mass is 16.3. The van der Waals surface area contributed by atoms with Gasteiger partial charge in [-0.1, -0.05) is 36.4 Å². The van der Waals surface area contributed by atoms with E-state index in [1.54, 1.807) is 24.3 Å². The standard InChI is InChI=1S/C23H19N3O4/c1-13(27)19-20(28)21(29)26(11-10-14-12-24-17-8-4-2-6-15(14)17)23(19)16-7-3-5-9-18(16)25-22(23)30/h2-9,12,24,28H,10-11H2,1H3,(H,25,30)/t23-/m0/s1. The summed E-state index contributed by atoms with van der Waals surface area (Å²) >= 11 is 0. The number of para-hydroxylation sites is 2. The molecule has 0 aliphatic carbocycles. The Morgan fingerprint density at radius 1 is 1.10 bits per heavy atom. The zero-order chi connectivity index (χ0) is 21.0. The van der Waals surface area contributed by atoms with Gasteiger partial charge in [-0.3, -0.25) is 14.4 Å². The Morgan fingerprint density at radius 3 is 2.63 bits per heavy atom. The Morgan fingerprint density at radius 2 is 1.83 bits per heavy atom. The molecule has 0 saturated heterocycles. The molecule has 0 fully saturated rings. The molecule has 2 aromatic carbocycles. The lowest BCUT2D eigenvalue weighted by Crippen LogP contribution is -2.52. The normalized spacial score (nSPS) is 20.4. The van der Waals surface area contributed by atoms with E-state index in [-0.39, 0.29) is 12.1 Å². The smallest absolute Gasteiger partial charge is 0.290 e. The van der Waals surface area contributed by atoms with Crippen molar-refractivity contribution < 1.29 is 19.5 Å². The summed E-state index contributed by atoms with van der Waals surface area (Å²) in [6, 6.07) is 14.8. The number of amides is 2. The van der Waals surface area contributed by atoms with Crippen molar-refractivity contribution in [3.05, 3.63) is 77.2 Å². The van der Waals surface area contributed by atoms with E-state index in [0.717, 1.165) is 16.5 Å². The Balaban J connectivity index is 1.61. The largest absolute Gasteiger partial charge is 0.503 e. The topological polar surface area (TPSA) is 102 Å². The molecule has 1 aromatic heterocycles. The number of hydrogen-bond acceptors (Lipinski definition) is 4. The van der Waals surface area contributed by atoms with Gasteiger partial charge in [0, 0.05) is 34.9 Å². The molecule has 30 heavy (non-hydrogen) atoms. The predicted octanol–water partition coefficient (Wildman–Crippen LogP) is 2.80. The molecule has 5 rings (SSSR count). The second kappa shape index (κ2) is 6.32.